The lowest BCUT2D eigenvalue weighted by molar-refractivity contribution is 0.219. The number of para-hydroxylation sites is 1. The minimum absolute atomic E-state index is 0.107. The van der Waals surface area contributed by atoms with Gasteiger partial charge in [-0.05, 0) is 49.7 Å². The van der Waals surface area contributed by atoms with E-state index >= 15 is 0 Å². The monoisotopic (exact) mass is 577 g/mol. The van der Waals surface area contributed by atoms with Crippen LogP contribution in [-0.4, -0.2) is 25.6 Å². The molecule has 0 atom stereocenters. The zero-order valence-corrected chi connectivity index (χ0v) is 23.5. The molecule has 0 aliphatic carbocycles. The quantitative estimate of drug-likeness (QED) is 0.178. The maximum Gasteiger partial charge on any atom is 0.336 e. The van der Waals surface area contributed by atoms with E-state index in [1.807, 2.05) is 12.1 Å². The third-order valence-corrected chi connectivity index (χ3v) is 9.96. The van der Waals surface area contributed by atoms with E-state index in [-0.39, 0.29) is 30.0 Å². The molecular formula is C27H26Cl2NO5PS. The average Bonchev–Trinajstić information content (AvgIpc) is 3.17. The zero-order valence-electron chi connectivity index (χ0n) is 20.3. The molecule has 0 fully saturated rings. The number of nitrogens with zero attached hydrogens (tertiary/aromatic N) is 1. The van der Waals surface area contributed by atoms with Gasteiger partial charge in [-0.25, -0.2) is 12.4 Å². The number of hydrogen-bond donors (Lipinski definition) is 0. The minimum Gasteiger partial charge on any atom is -0.309 e. The molecule has 0 saturated heterocycles. The lowest BCUT2D eigenvalue weighted by Crippen LogP contribution is -2.17. The Labute approximate surface area is 227 Å². The number of benzene rings is 3. The van der Waals surface area contributed by atoms with E-state index < -0.39 is 17.6 Å². The van der Waals surface area contributed by atoms with Gasteiger partial charge in [0.05, 0.1) is 35.5 Å². The predicted octanol–water partition coefficient (Wildman–Crippen LogP) is 8.12. The molecular weight excluding hydrogens is 552 g/mol. The van der Waals surface area contributed by atoms with Crippen molar-refractivity contribution >= 4 is 63.9 Å². The maximum atomic E-state index is 14.0. The Morgan fingerprint density at radius 1 is 0.892 bits per heavy atom. The zero-order chi connectivity index (χ0) is 26.6. The number of aromatic nitrogens is 1. The van der Waals surface area contributed by atoms with E-state index in [9.17, 15) is 13.0 Å². The summed E-state index contributed by atoms with van der Waals surface area (Å²) in [6, 6.07) is 20.4. The topological polar surface area (TPSA) is 74.6 Å². The number of rotatable bonds is 10. The minimum atomic E-state index is -4.07. The fourth-order valence-electron chi connectivity index (χ4n) is 4.11. The molecule has 4 aromatic rings. The van der Waals surface area contributed by atoms with Crippen LogP contribution < -0.4 is 0 Å². The maximum absolute atomic E-state index is 14.0. The molecule has 3 aromatic carbocycles. The fourth-order valence-corrected chi connectivity index (χ4v) is 7.98. The van der Waals surface area contributed by atoms with Crippen LogP contribution in [0, 0.1) is 0 Å². The number of hydrogen-bond acceptors (Lipinski definition) is 5. The van der Waals surface area contributed by atoms with Crippen molar-refractivity contribution in [3.63, 3.8) is 0 Å². The van der Waals surface area contributed by atoms with Crippen LogP contribution in [0.3, 0.4) is 0 Å². The molecule has 0 unspecified atom stereocenters. The highest BCUT2D eigenvalue weighted by Crippen LogP contribution is 2.53. The summed E-state index contributed by atoms with van der Waals surface area (Å²) >= 11 is 12.4. The molecule has 1 aromatic heterocycles. The van der Waals surface area contributed by atoms with Crippen molar-refractivity contribution in [1.29, 1.82) is 0 Å². The second kappa shape index (κ2) is 11.6. The van der Waals surface area contributed by atoms with Gasteiger partial charge in [-0.1, -0.05) is 77.8 Å². The number of halogens is 2. The Morgan fingerprint density at radius 2 is 1.54 bits per heavy atom. The van der Waals surface area contributed by atoms with E-state index in [2.05, 4.69) is 0 Å². The van der Waals surface area contributed by atoms with Gasteiger partial charge >= 0.3 is 7.60 Å². The normalized spacial score (nSPS) is 12.5. The standard InChI is InChI=1S/C27H26Cl2NO5PS/c1-3-34-36(31,35-4-2)19-27-24(17-15-20-14-16-21(28)18-25(20)29)23-12-8-9-13-26(23)30(27)37(32,33)22-10-6-5-7-11-22/h5-18H,3-4,19H2,1-2H3. The Morgan fingerprint density at radius 3 is 2.19 bits per heavy atom. The van der Waals surface area contributed by atoms with Crippen molar-refractivity contribution in [3.05, 3.63) is 99.7 Å². The van der Waals surface area contributed by atoms with E-state index in [0.29, 0.717) is 32.1 Å². The largest absolute Gasteiger partial charge is 0.336 e. The van der Waals surface area contributed by atoms with Gasteiger partial charge < -0.3 is 9.05 Å². The van der Waals surface area contributed by atoms with Gasteiger partial charge in [0, 0.05) is 21.0 Å². The van der Waals surface area contributed by atoms with Crippen LogP contribution in [0.1, 0.15) is 30.7 Å². The third kappa shape index (κ3) is 5.88. The van der Waals surface area contributed by atoms with Gasteiger partial charge in [0.15, 0.2) is 0 Å². The van der Waals surface area contributed by atoms with Crippen LogP contribution >= 0.6 is 30.8 Å². The summed E-state index contributed by atoms with van der Waals surface area (Å²) in [5.74, 6) is 0. The Hall–Kier alpha value is -2.38. The molecule has 0 saturated carbocycles. The second-order valence-corrected chi connectivity index (χ2v) is 12.7. The van der Waals surface area contributed by atoms with E-state index in [1.165, 1.54) is 16.1 Å². The smallest absolute Gasteiger partial charge is 0.309 e. The van der Waals surface area contributed by atoms with Crippen LogP contribution in [-0.2, 0) is 29.8 Å². The highest BCUT2D eigenvalue weighted by Gasteiger charge is 2.33. The van der Waals surface area contributed by atoms with Crippen LogP contribution in [0.4, 0.5) is 0 Å². The van der Waals surface area contributed by atoms with Crippen molar-refractivity contribution in [1.82, 2.24) is 3.97 Å². The van der Waals surface area contributed by atoms with Gasteiger partial charge in [-0.15, -0.1) is 0 Å². The highest BCUT2D eigenvalue weighted by atomic mass is 35.5. The predicted molar refractivity (Wildman–Crippen MR) is 151 cm³/mol. The first-order valence-corrected chi connectivity index (χ1v) is 15.6. The average molecular weight is 578 g/mol. The fraction of sp³-hybridized carbons (Fsp3) is 0.185. The molecule has 0 radical (unpaired) electrons. The van der Waals surface area contributed by atoms with Crippen molar-refractivity contribution in [3.8, 4) is 0 Å². The summed E-state index contributed by atoms with van der Waals surface area (Å²) in [7, 11) is -7.75. The molecule has 0 amide bonds. The van der Waals surface area contributed by atoms with Gasteiger partial charge in [-0.2, -0.15) is 0 Å². The Bertz CT molecular complexity index is 1590. The van der Waals surface area contributed by atoms with Crippen molar-refractivity contribution in [2.75, 3.05) is 13.2 Å². The lowest BCUT2D eigenvalue weighted by Gasteiger charge is -2.19. The molecule has 0 aliphatic heterocycles. The first-order chi connectivity index (χ1) is 17.7. The molecule has 0 spiro atoms. The summed E-state index contributed by atoms with van der Waals surface area (Å²) in [6.07, 6.45) is 3.30. The summed E-state index contributed by atoms with van der Waals surface area (Å²) < 4.78 is 54.0. The molecule has 1 heterocycles. The summed E-state index contributed by atoms with van der Waals surface area (Å²) in [5, 5.41) is 1.61. The van der Waals surface area contributed by atoms with Gasteiger partial charge in [0.2, 0.25) is 0 Å². The number of fused-ring (bicyclic) bond motifs is 1. The van der Waals surface area contributed by atoms with E-state index in [1.54, 1.807) is 74.5 Å². The van der Waals surface area contributed by atoms with Gasteiger partial charge in [0.25, 0.3) is 10.0 Å². The summed E-state index contributed by atoms with van der Waals surface area (Å²) in [4.78, 5) is 0.107. The SMILES string of the molecule is CCOP(=O)(Cc1c(C=Cc2ccc(Cl)cc2Cl)c2ccccc2n1S(=O)(=O)c1ccccc1)OCC. The third-order valence-electron chi connectivity index (χ3n) is 5.64. The molecule has 194 valence electrons. The summed E-state index contributed by atoms with van der Waals surface area (Å²) in [5.41, 5.74) is 2.00. The first-order valence-electron chi connectivity index (χ1n) is 11.6. The molecule has 4 rings (SSSR count). The van der Waals surface area contributed by atoms with E-state index in [4.69, 9.17) is 32.2 Å². The van der Waals surface area contributed by atoms with Crippen LogP contribution in [0.15, 0.2) is 77.7 Å². The second-order valence-electron chi connectivity index (χ2n) is 8.06. The molecule has 0 N–H and O–H groups in total. The summed E-state index contributed by atoms with van der Waals surface area (Å²) in [6.45, 7) is 3.72. The lowest BCUT2D eigenvalue weighted by atomic mass is 10.1. The Balaban J connectivity index is 2.02. The molecule has 37 heavy (non-hydrogen) atoms. The highest BCUT2D eigenvalue weighted by molar-refractivity contribution is 7.90. The van der Waals surface area contributed by atoms with Crippen LogP contribution in [0.2, 0.25) is 10.0 Å². The van der Waals surface area contributed by atoms with Crippen LogP contribution in [0.5, 0.6) is 0 Å². The van der Waals surface area contributed by atoms with Crippen molar-refractivity contribution in [2.24, 2.45) is 0 Å². The molecule has 10 heteroatoms. The van der Waals surface area contributed by atoms with Gasteiger partial charge in [0.1, 0.15) is 0 Å². The van der Waals surface area contributed by atoms with Gasteiger partial charge in [-0.3, -0.25) is 4.57 Å². The first kappa shape index (κ1) is 27.6. The van der Waals surface area contributed by atoms with Crippen molar-refractivity contribution in [2.45, 2.75) is 24.9 Å². The van der Waals surface area contributed by atoms with E-state index in [0.717, 1.165) is 0 Å². The molecule has 0 bridgehead atoms. The molecule has 6 nitrogen and oxygen atoms in total. The van der Waals surface area contributed by atoms with Crippen LogP contribution in [0.25, 0.3) is 23.1 Å². The Kier molecular flexibility index (Phi) is 8.64. The molecule has 0 aliphatic rings. The van der Waals surface area contributed by atoms with Crippen molar-refractivity contribution < 1.29 is 22.0 Å².